The zero-order chi connectivity index (χ0) is 22.4. The number of amides is 3. The fourth-order valence-corrected chi connectivity index (χ4v) is 3.38. The first kappa shape index (κ1) is 22.6. The summed E-state index contributed by atoms with van der Waals surface area (Å²) in [7, 11) is 0. The van der Waals surface area contributed by atoms with Crippen LogP contribution in [-0.2, 0) is 14.4 Å². The van der Waals surface area contributed by atoms with Gasteiger partial charge in [-0.2, -0.15) is 0 Å². The van der Waals surface area contributed by atoms with Crippen LogP contribution in [0.25, 0.3) is 0 Å². The summed E-state index contributed by atoms with van der Waals surface area (Å²) in [5.74, 6) is -0.00301. The average Bonchev–Trinajstić information content (AvgIpc) is 3.14. The minimum atomic E-state index is -0.351. The topological polar surface area (TPSA) is 87.7 Å². The molecule has 3 rings (SSSR count). The van der Waals surface area contributed by atoms with Crippen molar-refractivity contribution in [2.45, 2.75) is 20.3 Å². The molecule has 0 radical (unpaired) electrons. The fourth-order valence-electron chi connectivity index (χ4n) is 3.20. The standard InChI is InChI=1S/C23H26ClN3O4/c1-15(2)12-25-23(30)16-11-22(29)27(13-16)17-7-9-18(10-8-17)31-14-21(28)26-20-6-4-3-5-19(20)24/h3-10,15-16H,11-14H2,1-2H3,(H,25,30)(H,26,28). The maximum atomic E-state index is 12.4. The third kappa shape index (κ3) is 6.21. The first-order chi connectivity index (χ1) is 14.8. The van der Waals surface area contributed by atoms with E-state index in [2.05, 4.69) is 10.6 Å². The fraction of sp³-hybridized carbons (Fsp3) is 0.348. The molecule has 1 heterocycles. The number of hydrogen-bond acceptors (Lipinski definition) is 4. The molecule has 1 unspecified atom stereocenters. The van der Waals surface area contributed by atoms with Crippen molar-refractivity contribution in [2.75, 3.05) is 29.9 Å². The second kappa shape index (κ2) is 10.3. The maximum Gasteiger partial charge on any atom is 0.262 e. The van der Waals surface area contributed by atoms with Crippen LogP contribution in [0.3, 0.4) is 0 Å². The van der Waals surface area contributed by atoms with E-state index in [9.17, 15) is 14.4 Å². The summed E-state index contributed by atoms with van der Waals surface area (Å²) < 4.78 is 5.52. The molecule has 1 saturated heterocycles. The first-order valence-corrected chi connectivity index (χ1v) is 10.6. The molecule has 8 heteroatoms. The summed E-state index contributed by atoms with van der Waals surface area (Å²) in [5.41, 5.74) is 1.21. The number of benzene rings is 2. The van der Waals surface area contributed by atoms with Gasteiger partial charge in [-0.05, 0) is 42.3 Å². The van der Waals surface area contributed by atoms with Gasteiger partial charge in [0.25, 0.3) is 5.91 Å². The molecule has 164 valence electrons. The number of ether oxygens (including phenoxy) is 1. The molecule has 2 N–H and O–H groups in total. The van der Waals surface area contributed by atoms with E-state index in [1.54, 1.807) is 53.4 Å². The zero-order valence-electron chi connectivity index (χ0n) is 17.6. The van der Waals surface area contributed by atoms with Gasteiger partial charge in [-0.15, -0.1) is 0 Å². The number of carbonyl (C=O) groups excluding carboxylic acids is 3. The molecule has 0 aliphatic carbocycles. The third-order valence-corrected chi connectivity index (χ3v) is 5.18. The molecule has 3 amide bonds. The van der Waals surface area contributed by atoms with E-state index in [1.807, 2.05) is 13.8 Å². The predicted molar refractivity (Wildman–Crippen MR) is 120 cm³/mol. The Kier molecular flexibility index (Phi) is 7.52. The monoisotopic (exact) mass is 443 g/mol. The van der Waals surface area contributed by atoms with Crippen molar-refractivity contribution in [3.8, 4) is 5.75 Å². The van der Waals surface area contributed by atoms with Crippen LogP contribution in [0.1, 0.15) is 20.3 Å². The van der Waals surface area contributed by atoms with E-state index in [1.165, 1.54) is 0 Å². The molecular weight excluding hydrogens is 418 g/mol. The van der Waals surface area contributed by atoms with E-state index in [0.717, 1.165) is 0 Å². The van der Waals surface area contributed by atoms with Gasteiger partial charge < -0.3 is 20.3 Å². The molecule has 1 aliphatic heterocycles. The van der Waals surface area contributed by atoms with E-state index in [0.29, 0.717) is 41.2 Å². The highest BCUT2D eigenvalue weighted by Gasteiger charge is 2.35. The SMILES string of the molecule is CC(C)CNC(=O)C1CC(=O)N(c2ccc(OCC(=O)Nc3ccccc3Cl)cc2)C1. The second-order valence-electron chi connectivity index (χ2n) is 7.85. The number of nitrogens with zero attached hydrogens (tertiary/aromatic N) is 1. The Hall–Kier alpha value is -3.06. The van der Waals surface area contributed by atoms with Crippen molar-refractivity contribution in [3.63, 3.8) is 0 Å². The Balaban J connectivity index is 1.51. The summed E-state index contributed by atoms with van der Waals surface area (Å²) in [5, 5.41) is 6.03. The maximum absolute atomic E-state index is 12.4. The van der Waals surface area contributed by atoms with Gasteiger partial charge in [0.05, 0.1) is 16.6 Å². The Morgan fingerprint density at radius 1 is 1.16 bits per heavy atom. The highest BCUT2D eigenvalue weighted by molar-refractivity contribution is 6.33. The number of nitrogens with one attached hydrogen (secondary N) is 2. The lowest BCUT2D eigenvalue weighted by atomic mass is 10.1. The molecule has 0 bridgehead atoms. The lowest BCUT2D eigenvalue weighted by molar-refractivity contribution is -0.126. The second-order valence-corrected chi connectivity index (χ2v) is 8.26. The van der Waals surface area contributed by atoms with Gasteiger partial charge in [0, 0.05) is 25.2 Å². The van der Waals surface area contributed by atoms with Gasteiger partial charge >= 0.3 is 0 Å². The third-order valence-electron chi connectivity index (χ3n) is 4.85. The van der Waals surface area contributed by atoms with Gasteiger partial charge in [0.2, 0.25) is 11.8 Å². The van der Waals surface area contributed by atoms with Gasteiger partial charge in [0.1, 0.15) is 5.75 Å². The molecule has 0 aromatic heterocycles. The van der Waals surface area contributed by atoms with Crippen LogP contribution < -0.4 is 20.3 Å². The van der Waals surface area contributed by atoms with Crippen molar-refractivity contribution < 1.29 is 19.1 Å². The molecule has 1 fully saturated rings. The van der Waals surface area contributed by atoms with E-state index >= 15 is 0 Å². The highest BCUT2D eigenvalue weighted by Crippen LogP contribution is 2.27. The Bertz CT molecular complexity index is 946. The van der Waals surface area contributed by atoms with Gasteiger partial charge in [0.15, 0.2) is 6.61 Å². The molecule has 1 atom stereocenters. The molecule has 2 aromatic carbocycles. The number of hydrogen-bond donors (Lipinski definition) is 2. The van der Waals surface area contributed by atoms with Crippen molar-refractivity contribution in [3.05, 3.63) is 53.6 Å². The number of rotatable bonds is 8. The lowest BCUT2D eigenvalue weighted by Gasteiger charge is -2.17. The minimum absolute atomic E-state index is 0.0857. The van der Waals surface area contributed by atoms with Gasteiger partial charge in [-0.25, -0.2) is 0 Å². The Labute approximate surface area is 186 Å². The average molecular weight is 444 g/mol. The Morgan fingerprint density at radius 3 is 2.55 bits per heavy atom. The van der Waals surface area contributed by atoms with Crippen LogP contribution in [0.5, 0.6) is 5.75 Å². The largest absolute Gasteiger partial charge is 0.484 e. The van der Waals surface area contributed by atoms with E-state index in [4.69, 9.17) is 16.3 Å². The van der Waals surface area contributed by atoms with Crippen molar-refractivity contribution >= 4 is 40.7 Å². The van der Waals surface area contributed by atoms with Gasteiger partial charge in [-0.1, -0.05) is 37.6 Å². The van der Waals surface area contributed by atoms with E-state index < -0.39 is 0 Å². The number of carbonyl (C=O) groups is 3. The molecule has 2 aromatic rings. The number of para-hydroxylation sites is 1. The molecule has 7 nitrogen and oxygen atoms in total. The van der Waals surface area contributed by atoms with Crippen LogP contribution in [0.2, 0.25) is 5.02 Å². The smallest absolute Gasteiger partial charge is 0.262 e. The van der Waals surface area contributed by atoms with Crippen LogP contribution in [-0.4, -0.2) is 37.4 Å². The summed E-state index contributed by atoms with van der Waals surface area (Å²) in [6.07, 6.45) is 0.199. The van der Waals surface area contributed by atoms with Crippen molar-refractivity contribution in [2.24, 2.45) is 11.8 Å². The van der Waals surface area contributed by atoms with Crippen LogP contribution in [0.15, 0.2) is 48.5 Å². The van der Waals surface area contributed by atoms with E-state index in [-0.39, 0.29) is 36.7 Å². The number of halogens is 1. The molecular formula is C23H26ClN3O4. The highest BCUT2D eigenvalue weighted by atomic mass is 35.5. The molecule has 1 aliphatic rings. The molecule has 0 saturated carbocycles. The lowest BCUT2D eigenvalue weighted by Crippen LogP contribution is -2.35. The van der Waals surface area contributed by atoms with Crippen LogP contribution >= 0.6 is 11.6 Å². The Morgan fingerprint density at radius 2 is 1.87 bits per heavy atom. The van der Waals surface area contributed by atoms with Gasteiger partial charge in [-0.3, -0.25) is 14.4 Å². The van der Waals surface area contributed by atoms with Crippen molar-refractivity contribution in [1.29, 1.82) is 0 Å². The summed E-state index contributed by atoms with van der Waals surface area (Å²) >= 11 is 6.03. The zero-order valence-corrected chi connectivity index (χ0v) is 18.3. The normalized spacial score (nSPS) is 15.8. The summed E-state index contributed by atoms with van der Waals surface area (Å²) in [4.78, 5) is 38.3. The molecule has 31 heavy (non-hydrogen) atoms. The van der Waals surface area contributed by atoms with Crippen LogP contribution in [0.4, 0.5) is 11.4 Å². The minimum Gasteiger partial charge on any atom is -0.484 e. The first-order valence-electron chi connectivity index (χ1n) is 10.2. The number of anilines is 2. The predicted octanol–water partition coefficient (Wildman–Crippen LogP) is 3.48. The molecule has 0 spiro atoms. The van der Waals surface area contributed by atoms with Crippen LogP contribution in [0, 0.1) is 11.8 Å². The summed E-state index contributed by atoms with van der Waals surface area (Å²) in [6.45, 7) is 4.82. The summed E-state index contributed by atoms with van der Waals surface area (Å²) in [6, 6.07) is 13.8. The quantitative estimate of drug-likeness (QED) is 0.653. The van der Waals surface area contributed by atoms with Crippen molar-refractivity contribution in [1.82, 2.24) is 5.32 Å².